The van der Waals surface area contributed by atoms with Crippen molar-refractivity contribution in [2.24, 2.45) is 0 Å². The predicted octanol–water partition coefficient (Wildman–Crippen LogP) is 6.10. The highest BCUT2D eigenvalue weighted by Crippen LogP contribution is 2.66. The quantitative estimate of drug-likeness (QED) is 0.364. The number of amides is 1. The number of rotatable bonds is 5. The van der Waals surface area contributed by atoms with E-state index in [0.29, 0.717) is 5.02 Å². The summed E-state index contributed by atoms with van der Waals surface area (Å²) < 4.78 is 0. The molecule has 4 aromatic rings. The van der Waals surface area contributed by atoms with Crippen LogP contribution in [-0.4, -0.2) is 29.0 Å². The fourth-order valence-corrected chi connectivity index (χ4v) is 5.84. The fraction of sp³-hybridized carbons (Fsp3) is 0.167. The first-order valence-corrected chi connectivity index (χ1v) is 12.2. The molecular weight excluding hydrogens is 472 g/mol. The Bertz CT molecular complexity index is 1500. The Morgan fingerprint density at radius 3 is 2.31 bits per heavy atom. The number of halogens is 1. The topological polar surface area (TPSA) is 70.5 Å². The molecule has 178 valence electrons. The smallest absolute Gasteiger partial charge is 0.307 e. The van der Waals surface area contributed by atoms with Crippen LogP contribution in [0.5, 0.6) is 0 Å². The molecule has 0 radical (unpaired) electrons. The van der Waals surface area contributed by atoms with Crippen LogP contribution in [0.15, 0.2) is 85.2 Å². The molecule has 6 rings (SSSR count). The van der Waals surface area contributed by atoms with Gasteiger partial charge in [-0.05, 0) is 64.1 Å². The fourth-order valence-electron chi connectivity index (χ4n) is 5.57. The summed E-state index contributed by atoms with van der Waals surface area (Å²) in [6.07, 6.45) is 4.27. The maximum absolute atomic E-state index is 13.5. The minimum absolute atomic E-state index is 0.0115. The minimum Gasteiger partial charge on any atom is -0.481 e. The molecule has 1 amide bonds. The third kappa shape index (κ3) is 3.50. The number of anilines is 1. The molecule has 5 nitrogen and oxygen atoms in total. The zero-order valence-corrected chi connectivity index (χ0v) is 20.4. The lowest BCUT2D eigenvalue weighted by atomic mass is 9.89. The van der Waals surface area contributed by atoms with E-state index in [4.69, 9.17) is 16.7 Å². The summed E-state index contributed by atoms with van der Waals surface area (Å²) in [5.74, 6) is -0.723. The molecule has 0 bridgehead atoms. The van der Waals surface area contributed by atoms with Crippen molar-refractivity contribution in [1.29, 1.82) is 0 Å². The molecule has 2 atom stereocenters. The van der Waals surface area contributed by atoms with Crippen LogP contribution in [0.4, 0.5) is 5.69 Å². The van der Waals surface area contributed by atoms with Crippen molar-refractivity contribution in [3.8, 4) is 22.3 Å². The number of likely N-dealkylation sites (N-methyl/N-ethyl adjacent to an activating group) is 1. The number of carbonyl (C=O) groups excluding carboxylic acids is 1. The Morgan fingerprint density at radius 1 is 1.00 bits per heavy atom. The Balaban J connectivity index is 1.36. The average molecular weight is 495 g/mol. The normalized spacial score (nSPS) is 20.0. The molecule has 3 aromatic carbocycles. The van der Waals surface area contributed by atoms with Crippen molar-refractivity contribution in [1.82, 2.24) is 4.98 Å². The zero-order chi connectivity index (χ0) is 25.0. The van der Waals surface area contributed by atoms with Crippen molar-refractivity contribution < 1.29 is 14.7 Å². The second-order valence-corrected chi connectivity index (χ2v) is 9.97. The second kappa shape index (κ2) is 8.32. The summed E-state index contributed by atoms with van der Waals surface area (Å²) in [6.45, 7) is 0. The van der Waals surface area contributed by atoms with Gasteiger partial charge in [0.2, 0.25) is 5.91 Å². The molecule has 6 heteroatoms. The molecule has 1 fully saturated rings. The monoisotopic (exact) mass is 494 g/mol. The second-order valence-electron chi connectivity index (χ2n) is 9.57. The molecule has 36 heavy (non-hydrogen) atoms. The third-order valence-electron chi connectivity index (χ3n) is 7.52. The summed E-state index contributed by atoms with van der Waals surface area (Å²) in [6, 6.07) is 23.8. The number of carboxylic acid groups (broad SMARTS) is 1. The van der Waals surface area contributed by atoms with Crippen LogP contribution >= 0.6 is 11.6 Å². The van der Waals surface area contributed by atoms with Gasteiger partial charge >= 0.3 is 5.97 Å². The molecule has 2 unspecified atom stereocenters. The highest BCUT2D eigenvalue weighted by atomic mass is 35.5. The number of fused-ring (bicyclic) bond motifs is 2. The highest BCUT2D eigenvalue weighted by Gasteiger charge is 2.66. The van der Waals surface area contributed by atoms with E-state index in [9.17, 15) is 9.59 Å². The number of carbonyl (C=O) groups is 2. The van der Waals surface area contributed by atoms with Gasteiger partial charge < -0.3 is 10.0 Å². The van der Waals surface area contributed by atoms with E-state index >= 15 is 0 Å². The lowest BCUT2D eigenvalue weighted by Crippen LogP contribution is -2.29. The van der Waals surface area contributed by atoms with Crippen LogP contribution in [0, 0.1) is 0 Å². The van der Waals surface area contributed by atoms with Crippen LogP contribution in [0.25, 0.3) is 22.3 Å². The van der Waals surface area contributed by atoms with Crippen molar-refractivity contribution in [3.63, 3.8) is 0 Å². The van der Waals surface area contributed by atoms with Crippen molar-refractivity contribution in [2.75, 3.05) is 11.9 Å². The Kier molecular flexibility index (Phi) is 5.20. The minimum atomic E-state index is -0.856. The van der Waals surface area contributed by atoms with Gasteiger partial charge in [0.25, 0.3) is 0 Å². The van der Waals surface area contributed by atoms with E-state index in [1.807, 2.05) is 42.5 Å². The molecule has 1 aliphatic heterocycles. The third-order valence-corrected chi connectivity index (χ3v) is 7.83. The number of benzene rings is 3. The van der Waals surface area contributed by atoms with E-state index in [-0.39, 0.29) is 18.2 Å². The molecule has 1 spiro atoms. The zero-order valence-electron chi connectivity index (χ0n) is 19.6. The first-order valence-electron chi connectivity index (χ1n) is 11.8. The van der Waals surface area contributed by atoms with Crippen molar-refractivity contribution in [2.45, 2.75) is 24.2 Å². The summed E-state index contributed by atoms with van der Waals surface area (Å²) in [5.41, 5.74) is 7.15. The molecule has 2 aliphatic rings. The van der Waals surface area contributed by atoms with Gasteiger partial charge in [-0.25, -0.2) is 0 Å². The van der Waals surface area contributed by atoms with Gasteiger partial charge in [-0.1, -0.05) is 60.1 Å². The van der Waals surface area contributed by atoms with Gasteiger partial charge in [0.15, 0.2) is 0 Å². The Morgan fingerprint density at radius 2 is 1.64 bits per heavy atom. The lowest BCUT2D eigenvalue weighted by molar-refractivity contribution is -0.136. The predicted molar refractivity (Wildman–Crippen MR) is 140 cm³/mol. The van der Waals surface area contributed by atoms with Crippen molar-refractivity contribution >= 4 is 29.2 Å². The Hall–Kier alpha value is -3.96. The molecule has 2 heterocycles. The van der Waals surface area contributed by atoms with Gasteiger partial charge in [-0.3, -0.25) is 14.6 Å². The van der Waals surface area contributed by atoms with Crippen LogP contribution in [0.3, 0.4) is 0 Å². The van der Waals surface area contributed by atoms with Gasteiger partial charge in [-0.15, -0.1) is 0 Å². The number of hydrogen-bond donors (Lipinski definition) is 1. The van der Waals surface area contributed by atoms with Gasteiger partial charge in [-0.2, -0.15) is 0 Å². The Labute approximate surface area is 214 Å². The molecule has 1 N–H and O–H groups in total. The molecular formula is C30H23ClN2O3. The van der Waals surface area contributed by atoms with Crippen LogP contribution in [0.2, 0.25) is 5.02 Å². The molecule has 1 aromatic heterocycles. The molecule has 1 aliphatic carbocycles. The SMILES string of the molecule is CN1C(=O)C2(CC2c2ccc(CC(=O)O)cc2)c2cc(-c3ccc(-c4ccncc4)cc3)c(Cl)cc21. The van der Waals surface area contributed by atoms with Crippen molar-refractivity contribution in [3.05, 3.63) is 107 Å². The average Bonchev–Trinajstić information content (AvgIpc) is 3.61. The number of aromatic nitrogens is 1. The summed E-state index contributed by atoms with van der Waals surface area (Å²) in [7, 11) is 1.81. The number of carboxylic acids is 1. The first-order chi connectivity index (χ1) is 17.4. The van der Waals surface area contributed by atoms with Gasteiger partial charge in [0.05, 0.1) is 16.9 Å². The van der Waals surface area contributed by atoms with Crippen LogP contribution in [-0.2, 0) is 21.4 Å². The first kappa shape index (κ1) is 22.5. The maximum atomic E-state index is 13.5. The largest absolute Gasteiger partial charge is 0.481 e. The van der Waals surface area contributed by atoms with Crippen LogP contribution in [0.1, 0.15) is 29.0 Å². The highest BCUT2D eigenvalue weighted by molar-refractivity contribution is 6.34. The summed E-state index contributed by atoms with van der Waals surface area (Å²) in [5, 5.41) is 9.66. The number of hydrogen-bond acceptors (Lipinski definition) is 3. The van der Waals surface area contributed by atoms with E-state index in [2.05, 4.69) is 35.3 Å². The molecule has 0 saturated heterocycles. The van der Waals surface area contributed by atoms with E-state index in [1.54, 1.807) is 24.3 Å². The van der Waals surface area contributed by atoms with E-state index < -0.39 is 11.4 Å². The summed E-state index contributed by atoms with van der Waals surface area (Å²) >= 11 is 6.74. The molecule has 1 saturated carbocycles. The number of aliphatic carboxylic acids is 1. The van der Waals surface area contributed by atoms with E-state index in [0.717, 1.165) is 51.1 Å². The standard InChI is InChI=1S/C30H23ClN2O3/c1-33-27-16-26(31)23(21-8-6-19(7-9-21)20-10-12-32-13-11-20)15-24(27)30(29(33)36)17-25(30)22-4-2-18(3-5-22)14-28(34)35/h2-13,15-16,25H,14,17H2,1H3,(H,34,35). The van der Waals surface area contributed by atoms with Gasteiger partial charge in [0, 0.05) is 36.6 Å². The van der Waals surface area contributed by atoms with Crippen LogP contribution < -0.4 is 4.90 Å². The maximum Gasteiger partial charge on any atom is 0.307 e. The summed E-state index contributed by atoms with van der Waals surface area (Å²) in [4.78, 5) is 30.3. The lowest BCUT2D eigenvalue weighted by Gasteiger charge is -2.13. The number of nitrogens with zero attached hydrogens (tertiary/aromatic N) is 2. The van der Waals surface area contributed by atoms with Gasteiger partial charge in [0.1, 0.15) is 0 Å². The van der Waals surface area contributed by atoms with E-state index in [1.165, 1.54) is 0 Å². The number of pyridine rings is 1.